The SMILES string of the molecule is Cc1c(Nc2ncnc3cc(OCCCN4CCN(C(=O)c5cnc(N6CCN(C[C@H]7CN(C(=O)OC(C)(C)C)[C@H](C)CN7)C(C)C6)nc5)CC4)c(S(=O)(=O)C(C)(C)C)cc23)nn(C(=O)OC(C)(C)C)c1C. The van der Waals surface area contributed by atoms with Crippen LogP contribution in [0.1, 0.15) is 104 Å². The number of hydrogen-bond donors (Lipinski definition) is 2. The number of hydrogen-bond acceptors (Lipinski definition) is 18. The molecule has 72 heavy (non-hydrogen) atoms. The quantitative estimate of drug-likeness (QED) is 0.163. The van der Waals surface area contributed by atoms with E-state index in [-0.39, 0.29) is 47.4 Å². The third-order valence-corrected chi connectivity index (χ3v) is 15.7. The van der Waals surface area contributed by atoms with E-state index >= 15 is 0 Å². The highest BCUT2D eigenvalue weighted by Crippen LogP contribution is 2.37. The summed E-state index contributed by atoms with van der Waals surface area (Å²) in [5.41, 5.74) is 0.911. The van der Waals surface area contributed by atoms with Gasteiger partial charge < -0.3 is 39.5 Å². The van der Waals surface area contributed by atoms with Crippen molar-refractivity contribution < 1.29 is 37.0 Å². The predicted octanol–water partition coefficient (Wildman–Crippen LogP) is 5.67. The molecular weight excluding hydrogens is 943 g/mol. The number of aromatic nitrogens is 6. The molecule has 2 amide bonds. The van der Waals surface area contributed by atoms with E-state index in [1.54, 1.807) is 73.0 Å². The summed E-state index contributed by atoms with van der Waals surface area (Å²) in [6.45, 7) is 31.5. The van der Waals surface area contributed by atoms with Gasteiger partial charge in [-0.3, -0.25) is 14.6 Å². The molecule has 6 heterocycles. The predicted molar refractivity (Wildman–Crippen MR) is 275 cm³/mol. The molecule has 0 saturated carbocycles. The Bertz CT molecular complexity index is 2710. The normalized spacial score (nSPS) is 19.9. The number of fused-ring (bicyclic) bond motifs is 1. The maximum Gasteiger partial charge on any atom is 0.435 e. The lowest BCUT2D eigenvalue weighted by atomic mass is 10.1. The number of carbonyl (C=O) groups excluding carboxylic acids is 3. The number of ether oxygens (including phenoxy) is 3. The number of sulfone groups is 1. The molecule has 7 rings (SSSR count). The van der Waals surface area contributed by atoms with E-state index in [1.807, 2.05) is 44.4 Å². The van der Waals surface area contributed by atoms with Crippen LogP contribution >= 0.6 is 0 Å². The molecule has 2 N–H and O–H groups in total. The van der Waals surface area contributed by atoms with Gasteiger partial charge in [0, 0.05) is 120 Å². The van der Waals surface area contributed by atoms with Crippen molar-refractivity contribution in [1.29, 1.82) is 0 Å². The van der Waals surface area contributed by atoms with Crippen LogP contribution in [0.2, 0.25) is 0 Å². The summed E-state index contributed by atoms with van der Waals surface area (Å²) in [7, 11) is -3.91. The highest BCUT2D eigenvalue weighted by Gasteiger charge is 2.37. The van der Waals surface area contributed by atoms with Crippen LogP contribution in [0.25, 0.3) is 10.9 Å². The van der Waals surface area contributed by atoms with Gasteiger partial charge in [0.2, 0.25) is 5.95 Å². The van der Waals surface area contributed by atoms with Crippen LogP contribution < -0.4 is 20.3 Å². The number of anilines is 3. The van der Waals surface area contributed by atoms with Gasteiger partial charge in [0.1, 0.15) is 34.0 Å². The number of amides is 2. The monoisotopic (exact) mass is 1020 g/mol. The second-order valence-electron chi connectivity index (χ2n) is 22.2. The van der Waals surface area contributed by atoms with Gasteiger partial charge in [-0.05, 0) is 102 Å². The molecule has 0 aliphatic carbocycles. The molecule has 0 spiro atoms. The Morgan fingerprint density at radius 3 is 2.11 bits per heavy atom. The smallest absolute Gasteiger partial charge is 0.435 e. The maximum atomic E-state index is 14.1. The fourth-order valence-electron chi connectivity index (χ4n) is 8.89. The van der Waals surface area contributed by atoms with E-state index in [4.69, 9.17) is 14.2 Å². The standard InChI is InChI=1S/C50H75N13O8S/c1-32-25-51-37(30-62(32)46(65)70-48(5,6)7)29-60-20-21-61(28-33(60)2)45-52-26-36(27-53-45)44(64)59-18-16-58(17-19-59)15-14-22-69-40-24-39-38(23-41(40)72(67,68)50(11,12)13)43(55-31-54-39)56-42-34(3)35(4)63(57-42)47(66)71-49(8,9)10/h23-24,26-27,31-33,37,51H,14-22,25,28-30H2,1-13H3,(H,54,55,56,57)/t32-,33?,37+/m1/s1. The average Bonchev–Trinajstić information content (AvgIpc) is 3.58. The molecule has 394 valence electrons. The largest absolute Gasteiger partial charge is 0.492 e. The second-order valence-corrected chi connectivity index (χ2v) is 24.9. The van der Waals surface area contributed by atoms with Gasteiger partial charge in [-0.1, -0.05) is 0 Å². The first-order chi connectivity index (χ1) is 33.7. The van der Waals surface area contributed by atoms with Gasteiger partial charge in [0.25, 0.3) is 5.91 Å². The molecule has 3 atom stereocenters. The van der Waals surface area contributed by atoms with Crippen molar-refractivity contribution in [2.24, 2.45) is 0 Å². The molecule has 22 heteroatoms. The molecule has 21 nitrogen and oxygen atoms in total. The number of nitrogens with zero attached hydrogens (tertiary/aromatic N) is 11. The van der Waals surface area contributed by atoms with Gasteiger partial charge in [0.05, 0.1) is 28.1 Å². The average molecular weight is 1020 g/mol. The van der Waals surface area contributed by atoms with Crippen LogP contribution in [-0.4, -0.2) is 189 Å². The summed E-state index contributed by atoms with van der Waals surface area (Å²) in [4.78, 5) is 68.1. The van der Waals surface area contributed by atoms with E-state index in [0.717, 1.165) is 26.2 Å². The van der Waals surface area contributed by atoms with Gasteiger partial charge in [-0.2, -0.15) is 4.68 Å². The highest BCUT2D eigenvalue weighted by molar-refractivity contribution is 7.92. The Hall–Kier alpha value is -5.71. The summed E-state index contributed by atoms with van der Waals surface area (Å²) in [5.74, 6) is 1.36. The van der Waals surface area contributed by atoms with Crippen LogP contribution in [0.4, 0.5) is 27.2 Å². The first kappa shape index (κ1) is 54.1. The van der Waals surface area contributed by atoms with Crippen molar-refractivity contribution in [3.05, 3.63) is 47.7 Å². The molecule has 1 aromatic carbocycles. The molecule has 3 aliphatic rings. The molecule has 3 saturated heterocycles. The van der Waals surface area contributed by atoms with Crippen molar-refractivity contribution in [3.8, 4) is 5.75 Å². The first-order valence-corrected chi connectivity index (χ1v) is 26.5. The fourth-order valence-corrected chi connectivity index (χ4v) is 10.2. The maximum absolute atomic E-state index is 14.1. The lowest BCUT2D eigenvalue weighted by Crippen LogP contribution is -2.63. The second kappa shape index (κ2) is 21.4. The molecule has 0 bridgehead atoms. The molecule has 4 aromatic rings. The Balaban J connectivity index is 0.902. The molecule has 3 aliphatic heterocycles. The zero-order valence-corrected chi connectivity index (χ0v) is 45.2. The minimum atomic E-state index is -3.91. The lowest BCUT2D eigenvalue weighted by molar-refractivity contribution is 0.00693. The highest BCUT2D eigenvalue weighted by atomic mass is 32.2. The van der Waals surface area contributed by atoms with Gasteiger partial charge >= 0.3 is 12.2 Å². The van der Waals surface area contributed by atoms with Gasteiger partial charge in [0.15, 0.2) is 15.7 Å². The summed E-state index contributed by atoms with van der Waals surface area (Å²) < 4.78 is 45.7. The van der Waals surface area contributed by atoms with Crippen molar-refractivity contribution >= 4 is 56.4 Å². The Morgan fingerprint density at radius 1 is 0.806 bits per heavy atom. The number of rotatable bonds is 12. The summed E-state index contributed by atoms with van der Waals surface area (Å²) in [6.07, 6.45) is 4.34. The van der Waals surface area contributed by atoms with E-state index < -0.39 is 31.9 Å². The first-order valence-electron chi connectivity index (χ1n) is 25.0. The number of carbonyl (C=O) groups is 3. The van der Waals surface area contributed by atoms with Crippen LogP contribution in [0.15, 0.2) is 35.7 Å². The van der Waals surface area contributed by atoms with Crippen LogP contribution in [0.3, 0.4) is 0 Å². The van der Waals surface area contributed by atoms with E-state index in [0.29, 0.717) is 97.5 Å². The molecule has 3 aromatic heterocycles. The lowest BCUT2D eigenvalue weighted by Gasteiger charge is -2.44. The minimum absolute atomic E-state index is 0.0157. The Morgan fingerprint density at radius 2 is 1.47 bits per heavy atom. The van der Waals surface area contributed by atoms with Crippen LogP contribution in [-0.2, 0) is 19.3 Å². The van der Waals surface area contributed by atoms with Crippen molar-refractivity contribution in [1.82, 2.24) is 54.6 Å². The Kier molecular flexibility index (Phi) is 16.1. The topological polar surface area (TPSA) is 223 Å². The van der Waals surface area contributed by atoms with Gasteiger partial charge in [-0.25, -0.2) is 37.9 Å². The van der Waals surface area contributed by atoms with Crippen LogP contribution in [0.5, 0.6) is 5.75 Å². The zero-order chi connectivity index (χ0) is 52.5. The van der Waals surface area contributed by atoms with Gasteiger partial charge in [-0.15, -0.1) is 5.10 Å². The summed E-state index contributed by atoms with van der Waals surface area (Å²) in [5, 5.41) is 11.7. The molecular formula is C50H75N13O8S. The molecule has 3 fully saturated rings. The summed E-state index contributed by atoms with van der Waals surface area (Å²) in [6, 6.07) is 3.57. The number of benzene rings is 1. The zero-order valence-electron chi connectivity index (χ0n) is 44.4. The van der Waals surface area contributed by atoms with E-state index in [2.05, 4.69) is 57.3 Å². The molecule has 0 radical (unpaired) electrons. The molecule has 1 unspecified atom stereocenters. The fraction of sp³-hybridized carbons (Fsp3) is 0.640. The summed E-state index contributed by atoms with van der Waals surface area (Å²) >= 11 is 0. The minimum Gasteiger partial charge on any atom is -0.492 e. The number of piperazine rings is 3. The Labute approximate surface area is 424 Å². The van der Waals surface area contributed by atoms with E-state index in [1.165, 1.54) is 11.0 Å². The van der Waals surface area contributed by atoms with Crippen molar-refractivity contribution in [2.75, 3.05) is 88.8 Å². The van der Waals surface area contributed by atoms with Crippen molar-refractivity contribution in [3.63, 3.8) is 0 Å². The number of nitrogens with one attached hydrogen (secondary N) is 2. The van der Waals surface area contributed by atoms with E-state index in [9.17, 15) is 22.8 Å². The third-order valence-electron chi connectivity index (χ3n) is 13.2. The van der Waals surface area contributed by atoms with Crippen molar-refractivity contribution in [2.45, 2.75) is 135 Å². The van der Waals surface area contributed by atoms with Crippen LogP contribution in [0, 0.1) is 13.8 Å². The third kappa shape index (κ3) is 12.7.